The molecule has 8 nitrogen and oxygen atoms in total. The van der Waals surface area contributed by atoms with E-state index in [-0.39, 0.29) is 0 Å². The number of rotatable bonds is 5. The summed E-state index contributed by atoms with van der Waals surface area (Å²) >= 11 is 0. The van der Waals surface area contributed by atoms with Crippen molar-refractivity contribution in [3.8, 4) is 11.3 Å². The molecule has 132 valence electrons. The summed E-state index contributed by atoms with van der Waals surface area (Å²) in [5, 5.41) is 14.9. The molecule has 26 heavy (non-hydrogen) atoms. The highest BCUT2D eigenvalue weighted by Crippen LogP contribution is 2.23. The highest BCUT2D eigenvalue weighted by molar-refractivity contribution is 5.80. The maximum absolute atomic E-state index is 12.6. The lowest BCUT2D eigenvalue weighted by molar-refractivity contribution is 0.122. The molecule has 0 amide bonds. The maximum atomic E-state index is 12.6. The van der Waals surface area contributed by atoms with Crippen LogP contribution in [0.15, 0.2) is 42.7 Å². The van der Waals surface area contributed by atoms with Crippen LogP contribution in [-0.2, 0) is 13.6 Å². The predicted octanol–water partition coefficient (Wildman–Crippen LogP) is 2.63. The molecule has 0 radical (unpaired) electrons. The molecule has 0 fully saturated rings. The molecule has 0 aliphatic heterocycles. The Labute approximate surface area is 146 Å². The van der Waals surface area contributed by atoms with Crippen LogP contribution in [0.2, 0.25) is 0 Å². The standard InChI is InChI=1S/C16H14F2N8/c1-25-15(5-7-20-25)22-16-19-6-4-11(21-16)10-2-3-13-12(8-10)23-24-26(13)9-14(17)18/h2-8,14H,9H2,1H3,(H,19,21,22). The zero-order valence-corrected chi connectivity index (χ0v) is 13.7. The van der Waals surface area contributed by atoms with Gasteiger partial charge >= 0.3 is 0 Å². The quantitative estimate of drug-likeness (QED) is 0.592. The Morgan fingerprint density at radius 2 is 2.04 bits per heavy atom. The van der Waals surface area contributed by atoms with E-state index in [1.165, 1.54) is 4.68 Å². The van der Waals surface area contributed by atoms with Crippen LogP contribution in [0.3, 0.4) is 0 Å². The van der Waals surface area contributed by atoms with Crippen LogP contribution < -0.4 is 5.32 Å². The highest BCUT2D eigenvalue weighted by atomic mass is 19.3. The van der Waals surface area contributed by atoms with E-state index >= 15 is 0 Å². The van der Waals surface area contributed by atoms with Gasteiger partial charge in [0.25, 0.3) is 6.43 Å². The maximum Gasteiger partial charge on any atom is 0.258 e. The van der Waals surface area contributed by atoms with E-state index in [1.807, 2.05) is 13.1 Å². The summed E-state index contributed by atoms with van der Waals surface area (Å²) in [5.74, 6) is 1.18. The number of hydrogen-bond acceptors (Lipinski definition) is 6. The monoisotopic (exact) mass is 356 g/mol. The lowest BCUT2D eigenvalue weighted by Crippen LogP contribution is -2.07. The fourth-order valence-electron chi connectivity index (χ4n) is 2.59. The van der Waals surface area contributed by atoms with Crippen LogP contribution in [0.5, 0.6) is 0 Å². The van der Waals surface area contributed by atoms with Gasteiger partial charge in [-0.05, 0) is 18.2 Å². The van der Waals surface area contributed by atoms with Crippen LogP contribution in [0.4, 0.5) is 20.5 Å². The summed E-state index contributed by atoms with van der Waals surface area (Å²) < 4.78 is 28.0. The summed E-state index contributed by atoms with van der Waals surface area (Å²) in [6.45, 7) is -0.484. The Kier molecular flexibility index (Phi) is 3.99. The molecule has 0 aliphatic rings. The number of nitrogens with zero attached hydrogens (tertiary/aromatic N) is 7. The van der Waals surface area contributed by atoms with Gasteiger partial charge in [-0.2, -0.15) is 5.10 Å². The smallest absolute Gasteiger partial charge is 0.258 e. The number of aromatic nitrogens is 7. The first-order valence-electron chi connectivity index (χ1n) is 7.80. The Hall–Kier alpha value is -3.43. The van der Waals surface area contributed by atoms with Gasteiger partial charge in [0.05, 0.1) is 17.4 Å². The van der Waals surface area contributed by atoms with Gasteiger partial charge in [0, 0.05) is 24.9 Å². The van der Waals surface area contributed by atoms with E-state index < -0.39 is 13.0 Å². The van der Waals surface area contributed by atoms with Gasteiger partial charge in [-0.1, -0.05) is 11.3 Å². The van der Waals surface area contributed by atoms with Crippen molar-refractivity contribution >= 4 is 22.8 Å². The normalized spacial score (nSPS) is 11.4. The minimum atomic E-state index is -2.48. The SMILES string of the molecule is Cn1nccc1Nc1nccc(-c2ccc3c(c2)nnn3CC(F)F)n1. The summed E-state index contributed by atoms with van der Waals surface area (Å²) in [7, 11) is 1.81. The second-order valence-corrected chi connectivity index (χ2v) is 5.60. The fourth-order valence-corrected chi connectivity index (χ4v) is 2.59. The molecule has 0 aliphatic carbocycles. The summed E-state index contributed by atoms with van der Waals surface area (Å²) in [6, 6.07) is 8.84. The molecule has 10 heteroatoms. The van der Waals surface area contributed by atoms with Crippen LogP contribution in [-0.4, -0.2) is 41.2 Å². The van der Waals surface area contributed by atoms with Gasteiger partial charge in [0.1, 0.15) is 17.9 Å². The molecular formula is C16H14F2N8. The number of hydrogen-bond donors (Lipinski definition) is 1. The van der Waals surface area contributed by atoms with Gasteiger partial charge in [-0.3, -0.25) is 4.68 Å². The van der Waals surface area contributed by atoms with E-state index in [4.69, 9.17) is 0 Å². The van der Waals surface area contributed by atoms with Gasteiger partial charge in [0.2, 0.25) is 5.95 Å². The first kappa shape index (κ1) is 16.1. The summed E-state index contributed by atoms with van der Waals surface area (Å²) in [4.78, 5) is 8.68. The average Bonchev–Trinajstić information content (AvgIpc) is 3.21. The Morgan fingerprint density at radius 1 is 1.15 bits per heavy atom. The second-order valence-electron chi connectivity index (χ2n) is 5.60. The molecule has 0 saturated heterocycles. The number of nitrogens with one attached hydrogen (secondary N) is 1. The zero-order valence-electron chi connectivity index (χ0n) is 13.7. The van der Waals surface area contributed by atoms with Crippen LogP contribution in [0.1, 0.15) is 0 Å². The molecular weight excluding hydrogens is 342 g/mol. The molecule has 4 rings (SSSR count). The van der Waals surface area contributed by atoms with Gasteiger partial charge < -0.3 is 5.32 Å². The van der Waals surface area contributed by atoms with Crippen LogP contribution in [0.25, 0.3) is 22.3 Å². The van der Waals surface area contributed by atoms with Crippen LogP contribution in [0, 0.1) is 0 Å². The van der Waals surface area contributed by atoms with Gasteiger partial charge in [-0.15, -0.1) is 5.10 Å². The van der Waals surface area contributed by atoms with E-state index in [0.717, 1.165) is 11.4 Å². The molecule has 3 aromatic heterocycles. The lowest BCUT2D eigenvalue weighted by atomic mass is 10.1. The second kappa shape index (κ2) is 6.47. The number of anilines is 2. The van der Waals surface area contributed by atoms with Crippen molar-refractivity contribution in [3.05, 3.63) is 42.7 Å². The molecule has 0 atom stereocenters. The van der Waals surface area contributed by atoms with Crippen LogP contribution >= 0.6 is 0 Å². The fraction of sp³-hybridized carbons (Fsp3) is 0.188. The number of halogens is 2. The minimum absolute atomic E-state index is 0.424. The van der Waals surface area contributed by atoms with Crippen molar-refractivity contribution < 1.29 is 8.78 Å². The van der Waals surface area contributed by atoms with Gasteiger partial charge in [0.15, 0.2) is 0 Å². The van der Waals surface area contributed by atoms with Crippen molar-refractivity contribution in [2.75, 3.05) is 5.32 Å². The highest BCUT2D eigenvalue weighted by Gasteiger charge is 2.12. The number of aryl methyl sites for hydroxylation is 1. The Morgan fingerprint density at radius 3 is 2.81 bits per heavy atom. The lowest BCUT2D eigenvalue weighted by Gasteiger charge is -2.07. The minimum Gasteiger partial charge on any atom is -0.309 e. The van der Waals surface area contributed by atoms with E-state index in [9.17, 15) is 8.78 Å². The third-order valence-corrected chi connectivity index (χ3v) is 3.84. The van der Waals surface area contributed by atoms with Crippen molar-refractivity contribution in [1.29, 1.82) is 0 Å². The third-order valence-electron chi connectivity index (χ3n) is 3.84. The number of fused-ring (bicyclic) bond motifs is 1. The van der Waals surface area contributed by atoms with E-state index in [2.05, 4.69) is 30.7 Å². The molecule has 0 spiro atoms. The van der Waals surface area contributed by atoms with Crippen molar-refractivity contribution in [1.82, 2.24) is 34.7 Å². The number of benzene rings is 1. The predicted molar refractivity (Wildman–Crippen MR) is 91.0 cm³/mol. The molecule has 4 aromatic rings. The van der Waals surface area contributed by atoms with Crippen molar-refractivity contribution in [3.63, 3.8) is 0 Å². The third kappa shape index (κ3) is 3.08. The van der Waals surface area contributed by atoms with E-state index in [0.29, 0.717) is 22.7 Å². The summed E-state index contributed by atoms with van der Waals surface area (Å²) in [5.41, 5.74) is 2.55. The summed E-state index contributed by atoms with van der Waals surface area (Å²) in [6.07, 6.45) is 0.823. The topological polar surface area (TPSA) is 86.3 Å². The molecule has 1 N–H and O–H groups in total. The molecule has 0 saturated carbocycles. The van der Waals surface area contributed by atoms with Crippen molar-refractivity contribution in [2.24, 2.45) is 7.05 Å². The first-order chi connectivity index (χ1) is 12.6. The Bertz CT molecular complexity index is 1060. The molecule has 1 aromatic carbocycles. The Balaban J connectivity index is 1.65. The first-order valence-corrected chi connectivity index (χ1v) is 7.80. The van der Waals surface area contributed by atoms with Gasteiger partial charge in [-0.25, -0.2) is 23.4 Å². The zero-order chi connectivity index (χ0) is 18.1. The molecule has 3 heterocycles. The largest absolute Gasteiger partial charge is 0.309 e. The number of alkyl halides is 2. The van der Waals surface area contributed by atoms with Crippen molar-refractivity contribution in [2.45, 2.75) is 13.0 Å². The molecule has 0 unspecified atom stereocenters. The van der Waals surface area contributed by atoms with E-state index in [1.54, 1.807) is 41.3 Å². The molecule has 0 bridgehead atoms. The average molecular weight is 356 g/mol.